The molecule has 4 bridgehead atoms. The van der Waals surface area contributed by atoms with Gasteiger partial charge in [0, 0.05) is 18.7 Å². The van der Waals surface area contributed by atoms with Crippen LogP contribution in [-0.2, 0) is 20.8 Å². The van der Waals surface area contributed by atoms with Crippen molar-refractivity contribution >= 4 is 23.4 Å². The molecule has 5 aliphatic rings. The zero-order valence-electron chi connectivity index (χ0n) is 17.5. The van der Waals surface area contributed by atoms with Gasteiger partial charge < -0.3 is 15.5 Å². The number of hydrogen-bond acceptors (Lipinski definition) is 3. The van der Waals surface area contributed by atoms with Crippen LogP contribution in [0, 0.1) is 23.2 Å². The predicted molar refractivity (Wildman–Crippen MR) is 114 cm³/mol. The Hall–Kier alpha value is -2.37. The Morgan fingerprint density at radius 3 is 2.23 bits per heavy atom. The number of carbonyl (C=O) groups is 3. The van der Waals surface area contributed by atoms with E-state index in [-0.39, 0.29) is 36.2 Å². The van der Waals surface area contributed by atoms with E-state index in [4.69, 9.17) is 0 Å². The molecule has 0 spiro atoms. The van der Waals surface area contributed by atoms with E-state index < -0.39 is 0 Å². The molecule has 6 nitrogen and oxygen atoms in total. The van der Waals surface area contributed by atoms with Crippen LogP contribution in [0.25, 0.3) is 0 Å². The number of amides is 3. The molecule has 160 valence electrons. The van der Waals surface area contributed by atoms with Crippen LogP contribution in [-0.4, -0.2) is 37.4 Å². The Bertz CT molecular complexity index is 830. The molecule has 0 aromatic heterocycles. The Balaban J connectivity index is 1.06. The van der Waals surface area contributed by atoms with Crippen LogP contribution in [0.5, 0.6) is 0 Å². The van der Waals surface area contributed by atoms with Gasteiger partial charge in [-0.2, -0.15) is 0 Å². The van der Waals surface area contributed by atoms with E-state index in [1.54, 1.807) is 4.90 Å². The van der Waals surface area contributed by atoms with Crippen LogP contribution in [0.1, 0.15) is 50.5 Å². The largest absolute Gasteiger partial charge is 0.347 e. The molecule has 1 aromatic rings. The van der Waals surface area contributed by atoms with Crippen molar-refractivity contribution in [1.82, 2.24) is 10.6 Å². The van der Waals surface area contributed by atoms with Crippen LogP contribution < -0.4 is 15.5 Å². The van der Waals surface area contributed by atoms with Crippen molar-refractivity contribution in [3.05, 3.63) is 29.8 Å². The Labute approximate surface area is 177 Å². The number of anilines is 1. The van der Waals surface area contributed by atoms with Crippen molar-refractivity contribution in [1.29, 1.82) is 0 Å². The number of carbonyl (C=O) groups excluding carboxylic acids is 3. The van der Waals surface area contributed by atoms with Gasteiger partial charge in [0.1, 0.15) is 0 Å². The van der Waals surface area contributed by atoms with E-state index >= 15 is 0 Å². The minimum absolute atomic E-state index is 0.0214. The molecule has 1 aromatic carbocycles. The normalized spacial score (nSPS) is 30.8. The lowest BCUT2D eigenvalue weighted by Crippen LogP contribution is -2.49. The molecule has 4 saturated carbocycles. The molecule has 0 saturated heterocycles. The van der Waals surface area contributed by atoms with Crippen molar-refractivity contribution < 1.29 is 14.4 Å². The van der Waals surface area contributed by atoms with Crippen molar-refractivity contribution in [2.45, 2.75) is 51.4 Å². The highest BCUT2D eigenvalue weighted by atomic mass is 16.2. The monoisotopic (exact) mass is 409 g/mol. The molecule has 30 heavy (non-hydrogen) atoms. The van der Waals surface area contributed by atoms with Gasteiger partial charge in [0.2, 0.25) is 17.7 Å². The number of benzene rings is 1. The maximum absolute atomic E-state index is 12.6. The van der Waals surface area contributed by atoms with Crippen LogP contribution >= 0.6 is 0 Å². The maximum Gasteiger partial charge on any atom is 0.246 e. The fourth-order valence-corrected chi connectivity index (χ4v) is 7.02. The molecule has 2 N–H and O–H groups in total. The molecule has 4 aliphatic carbocycles. The van der Waals surface area contributed by atoms with Crippen LogP contribution in [0.2, 0.25) is 0 Å². The number of para-hydroxylation sites is 1. The standard InChI is InChI=1S/C24H31N3O3/c28-21(13-24-10-16-7-17(11-24)9-18(8-16)12-24)25-14-22(29)26-15-23(30)27-6-5-19-3-1-2-4-20(19)27/h1-4,16-18H,5-15H2,(H,25,28)(H,26,29). The maximum atomic E-state index is 12.6. The van der Waals surface area contributed by atoms with Crippen LogP contribution in [0.3, 0.4) is 0 Å². The average Bonchev–Trinajstić information content (AvgIpc) is 3.13. The summed E-state index contributed by atoms with van der Waals surface area (Å²) in [4.78, 5) is 38.9. The molecule has 4 fully saturated rings. The fourth-order valence-electron chi connectivity index (χ4n) is 7.02. The second-order valence-corrected chi connectivity index (χ2v) is 10.1. The van der Waals surface area contributed by atoms with Gasteiger partial charge in [-0.3, -0.25) is 14.4 Å². The molecular weight excluding hydrogens is 378 g/mol. The first-order valence-electron chi connectivity index (χ1n) is 11.4. The number of hydrogen-bond donors (Lipinski definition) is 2. The van der Waals surface area contributed by atoms with Crippen molar-refractivity contribution in [2.75, 3.05) is 24.5 Å². The van der Waals surface area contributed by atoms with Gasteiger partial charge in [0.25, 0.3) is 0 Å². The lowest BCUT2D eigenvalue weighted by atomic mass is 9.49. The number of nitrogens with zero attached hydrogens (tertiary/aromatic N) is 1. The topological polar surface area (TPSA) is 78.5 Å². The molecule has 3 amide bonds. The predicted octanol–water partition coefficient (Wildman–Crippen LogP) is 2.41. The summed E-state index contributed by atoms with van der Waals surface area (Å²) < 4.78 is 0. The van der Waals surface area contributed by atoms with Gasteiger partial charge in [0.05, 0.1) is 13.1 Å². The highest BCUT2D eigenvalue weighted by Crippen LogP contribution is 2.61. The summed E-state index contributed by atoms with van der Waals surface area (Å²) in [6.07, 6.45) is 9.03. The number of rotatable bonds is 6. The van der Waals surface area contributed by atoms with E-state index in [1.165, 1.54) is 38.5 Å². The summed E-state index contributed by atoms with van der Waals surface area (Å²) in [5, 5.41) is 5.45. The lowest BCUT2D eigenvalue weighted by molar-refractivity contribution is -0.132. The Kier molecular flexibility index (Phi) is 5.03. The summed E-state index contributed by atoms with van der Waals surface area (Å²) in [5.74, 6) is 1.99. The second-order valence-electron chi connectivity index (χ2n) is 10.1. The summed E-state index contributed by atoms with van der Waals surface area (Å²) in [7, 11) is 0. The highest BCUT2D eigenvalue weighted by Gasteiger charge is 2.51. The smallest absolute Gasteiger partial charge is 0.246 e. The molecule has 6 heteroatoms. The second kappa shape index (κ2) is 7.71. The third-order valence-electron chi connectivity index (χ3n) is 7.77. The third kappa shape index (κ3) is 3.84. The quantitative estimate of drug-likeness (QED) is 0.757. The minimum Gasteiger partial charge on any atom is -0.347 e. The summed E-state index contributed by atoms with van der Waals surface area (Å²) in [6, 6.07) is 7.86. The van der Waals surface area contributed by atoms with Gasteiger partial charge >= 0.3 is 0 Å². The van der Waals surface area contributed by atoms with E-state index in [0.29, 0.717) is 13.0 Å². The zero-order valence-corrected chi connectivity index (χ0v) is 17.5. The summed E-state index contributed by atoms with van der Waals surface area (Å²) in [6.45, 7) is 0.545. The van der Waals surface area contributed by atoms with Gasteiger partial charge in [-0.1, -0.05) is 18.2 Å². The zero-order chi connectivity index (χ0) is 20.7. The Morgan fingerprint density at radius 1 is 0.900 bits per heavy atom. The SMILES string of the molecule is O=C(CNC(=O)CC12CC3CC(CC(C3)C1)C2)NCC(=O)N1CCc2ccccc21. The number of fused-ring (bicyclic) bond motifs is 1. The molecule has 1 aliphatic heterocycles. The number of nitrogens with one attached hydrogen (secondary N) is 2. The van der Waals surface area contributed by atoms with Gasteiger partial charge in [0.15, 0.2) is 0 Å². The lowest BCUT2D eigenvalue weighted by Gasteiger charge is -2.56. The molecule has 1 heterocycles. The average molecular weight is 410 g/mol. The third-order valence-corrected chi connectivity index (χ3v) is 7.77. The van der Waals surface area contributed by atoms with E-state index in [2.05, 4.69) is 10.6 Å². The van der Waals surface area contributed by atoms with Gasteiger partial charge in [-0.25, -0.2) is 0 Å². The van der Waals surface area contributed by atoms with Gasteiger partial charge in [-0.15, -0.1) is 0 Å². The van der Waals surface area contributed by atoms with E-state index in [1.807, 2.05) is 24.3 Å². The fraction of sp³-hybridized carbons (Fsp3) is 0.625. The Morgan fingerprint density at radius 2 is 1.53 bits per heavy atom. The van der Waals surface area contributed by atoms with Crippen LogP contribution in [0.4, 0.5) is 5.69 Å². The first-order chi connectivity index (χ1) is 14.5. The molecular formula is C24H31N3O3. The molecule has 6 rings (SSSR count). The first-order valence-corrected chi connectivity index (χ1v) is 11.4. The summed E-state index contributed by atoms with van der Waals surface area (Å²) in [5.41, 5.74) is 2.27. The van der Waals surface area contributed by atoms with Crippen molar-refractivity contribution in [2.24, 2.45) is 23.2 Å². The van der Waals surface area contributed by atoms with Crippen molar-refractivity contribution in [3.8, 4) is 0 Å². The molecule has 0 unspecified atom stereocenters. The highest BCUT2D eigenvalue weighted by molar-refractivity contribution is 5.98. The molecule has 0 atom stereocenters. The molecule has 0 radical (unpaired) electrons. The first kappa shape index (κ1) is 19.6. The van der Waals surface area contributed by atoms with Gasteiger partial charge in [-0.05, 0) is 79.7 Å². The van der Waals surface area contributed by atoms with Crippen LogP contribution in [0.15, 0.2) is 24.3 Å². The van der Waals surface area contributed by atoms with E-state index in [9.17, 15) is 14.4 Å². The minimum atomic E-state index is -0.310. The van der Waals surface area contributed by atoms with E-state index in [0.717, 1.165) is 35.4 Å². The summed E-state index contributed by atoms with van der Waals surface area (Å²) >= 11 is 0. The van der Waals surface area contributed by atoms with Crippen molar-refractivity contribution in [3.63, 3.8) is 0 Å².